The van der Waals surface area contributed by atoms with E-state index in [1.807, 2.05) is 0 Å². The summed E-state index contributed by atoms with van der Waals surface area (Å²) in [5.41, 5.74) is 0. The molecule has 0 bridgehead atoms. The molecule has 0 aromatic heterocycles. The first-order chi connectivity index (χ1) is 6.24. The predicted molar refractivity (Wildman–Crippen MR) is 59.8 cm³/mol. The van der Waals surface area contributed by atoms with E-state index in [-0.39, 0.29) is 0 Å². The fourth-order valence-electron chi connectivity index (χ4n) is 2.60. The van der Waals surface area contributed by atoms with Gasteiger partial charge in [-0.15, -0.1) is 0 Å². The Hall–Kier alpha value is 0. The van der Waals surface area contributed by atoms with Crippen molar-refractivity contribution in [3.05, 3.63) is 0 Å². The molecule has 0 aromatic carbocycles. The average molecular weight is 182 g/mol. The van der Waals surface area contributed by atoms with Crippen LogP contribution in [0.4, 0.5) is 0 Å². The molecule has 0 amide bonds. The van der Waals surface area contributed by atoms with Crippen LogP contribution in [0.1, 0.15) is 65.7 Å². The lowest BCUT2D eigenvalue weighted by Crippen LogP contribution is -2.20. The van der Waals surface area contributed by atoms with Crippen molar-refractivity contribution in [2.45, 2.75) is 65.7 Å². The highest BCUT2D eigenvalue weighted by atomic mass is 14.3. The fraction of sp³-hybridized carbons (Fsp3) is 1.00. The molecule has 0 radical (unpaired) electrons. The summed E-state index contributed by atoms with van der Waals surface area (Å²) in [6, 6.07) is 0. The third-order valence-electron chi connectivity index (χ3n) is 3.92. The SMILES string of the molecule is CCCCCC1CC[C@@H](C)[C@@H](C)C1. The van der Waals surface area contributed by atoms with Gasteiger partial charge in [0.25, 0.3) is 0 Å². The summed E-state index contributed by atoms with van der Waals surface area (Å²) in [5.74, 6) is 3.04. The normalized spacial score (nSPS) is 34.8. The van der Waals surface area contributed by atoms with Crippen LogP contribution in [0.3, 0.4) is 0 Å². The van der Waals surface area contributed by atoms with Crippen LogP contribution in [0.5, 0.6) is 0 Å². The lowest BCUT2D eigenvalue weighted by atomic mass is 9.74. The Balaban J connectivity index is 2.14. The van der Waals surface area contributed by atoms with E-state index in [4.69, 9.17) is 0 Å². The first-order valence-electron chi connectivity index (χ1n) is 6.24. The molecular weight excluding hydrogens is 156 g/mol. The third-order valence-corrected chi connectivity index (χ3v) is 3.92. The maximum Gasteiger partial charge on any atom is -0.0412 e. The van der Waals surface area contributed by atoms with Gasteiger partial charge in [0.1, 0.15) is 0 Å². The first-order valence-corrected chi connectivity index (χ1v) is 6.24. The van der Waals surface area contributed by atoms with Crippen molar-refractivity contribution in [2.75, 3.05) is 0 Å². The van der Waals surface area contributed by atoms with E-state index >= 15 is 0 Å². The standard InChI is InChI=1S/C13H26/c1-4-5-6-7-13-9-8-11(2)12(3)10-13/h11-13H,4-10H2,1-3H3/t11-,12+,13?/m1/s1. The van der Waals surface area contributed by atoms with Crippen molar-refractivity contribution in [3.63, 3.8) is 0 Å². The Morgan fingerprint density at radius 3 is 2.38 bits per heavy atom. The zero-order valence-corrected chi connectivity index (χ0v) is 9.68. The molecule has 0 spiro atoms. The largest absolute Gasteiger partial charge is 0.0654 e. The Labute approximate surface area is 84.1 Å². The summed E-state index contributed by atoms with van der Waals surface area (Å²) in [6.45, 7) is 7.16. The van der Waals surface area contributed by atoms with E-state index in [2.05, 4.69) is 20.8 Å². The molecule has 0 N–H and O–H groups in total. The summed E-state index contributed by atoms with van der Waals surface area (Å²) in [5, 5.41) is 0. The van der Waals surface area contributed by atoms with Crippen LogP contribution in [0.2, 0.25) is 0 Å². The molecule has 1 aliphatic rings. The van der Waals surface area contributed by atoms with Gasteiger partial charge in [0.2, 0.25) is 0 Å². The summed E-state index contributed by atoms with van der Waals surface area (Å²) < 4.78 is 0. The molecule has 0 heteroatoms. The van der Waals surface area contributed by atoms with Gasteiger partial charge in [-0.2, -0.15) is 0 Å². The molecule has 1 fully saturated rings. The number of rotatable bonds is 4. The molecule has 0 heterocycles. The number of hydrogen-bond donors (Lipinski definition) is 0. The highest BCUT2D eigenvalue weighted by molar-refractivity contribution is 4.75. The van der Waals surface area contributed by atoms with Gasteiger partial charge < -0.3 is 0 Å². The minimum absolute atomic E-state index is 0.986. The first kappa shape index (κ1) is 11.1. The Morgan fingerprint density at radius 2 is 1.77 bits per heavy atom. The number of hydrogen-bond acceptors (Lipinski definition) is 0. The van der Waals surface area contributed by atoms with Crippen molar-refractivity contribution in [3.8, 4) is 0 Å². The van der Waals surface area contributed by atoms with Gasteiger partial charge in [0, 0.05) is 0 Å². The zero-order chi connectivity index (χ0) is 9.68. The van der Waals surface area contributed by atoms with Crippen molar-refractivity contribution >= 4 is 0 Å². The van der Waals surface area contributed by atoms with Crippen LogP contribution < -0.4 is 0 Å². The van der Waals surface area contributed by atoms with Crippen LogP contribution in [-0.2, 0) is 0 Å². The lowest BCUT2D eigenvalue weighted by Gasteiger charge is -2.32. The molecule has 1 aliphatic carbocycles. The Morgan fingerprint density at radius 1 is 1.00 bits per heavy atom. The van der Waals surface area contributed by atoms with Crippen LogP contribution in [-0.4, -0.2) is 0 Å². The third kappa shape index (κ3) is 3.70. The molecule has 13 heavy (non-hydrogen) atoms. The molecule has 78 valence electrons. The van der Waals surface area contributed by atoms with Gasteiger partial charge in [-0.1, -0.05) is 59.3 Å². The van der Waals surface area contributed by atoms with Gasteiger partial charge >= 0.3 is 0 Å². The monoisotopic (exact) mass is 182 g/mol. The van der Waals surface area contributed by atoms with Crippen molar-refractivity contribution in [1.29, 1.82) is 0 Å². The second kappa shape index (κ2) is 5.67. The molecule has 3 atom stereocenters. The molecule has 1 unspecified atom stereocenters. The second-order valence-corrected chi connectivity index (χ2v) is 5.13. The predicted octanol–water partition coefficient (Wildman–Crippen LogP) is 4.64. The maximum absolute atomic E-state index is 2.44. The molecule has 0 nitrogen and oxygen atoms in total. The van der Waals surface area contributed by atoms with Gasteiger partial charge in [-0.3, -0.25) is 0 Å². The average Bonchev–Trinajstić information content (AvgIpc) is 2.12. The molecule has 0 aliphatic heterocycles. The Kier molecular flexibility index (Phi) is 4.83. The Bertz CT molecular complexity index is 128. The summed E-state index contributed by atoms with van der Waals surface area (Å²) in [4.78, 5) is 0. The van der Waals surface area contributed by atoms with Gasteiger partial charge in [-0.05, 0) is 24.2 Å². The lowest BCUT2D eigenvalue weighted by molar-refractivity contribution is 0.197. The van der Waals surface area contributed by atoms with Crippen LogP contribution >= 0.6 is 0 Å². The highest BCUT2D eigenvalue weighted by Gasteiger charge is 2.23. The highest BCUT2D eigenvalue weighted by Crippen LogP contribution is 2.35. The van der Waals surface area contributed by atoms with E-state index in [1.54, 1.807) is 0 Å². The number of unbranched alkanes of at least 4 members (excludes halogenated alkanes) is 2. The van der Waals surface area contributed by atoms with Gasteiger partial charge in [0.15, 0.2) is 0 Å². The van der Waals surface area contributed by atoms with E-state index in [0.717, 1.165) is 17.8 Å². The van der Waals surface area contributed by atoms with Crippen LogP contribution in [0.15, 0.2) is 0 Å². The van der Waals surface area contributed by atoms with Crippen molar-refractivity contribution < 1.29 is 0 Å². The van der Waals surface area contributed by atoms with Crippen molar-refractivity contribution in [1.82, 2.24) is 0 Å². The molecule has 0 saturated heterocycles. The second-order valence-electron chi connectivity index (χ2n) is 5.13. The minimum Gasteiger partial charge on any atom is -0.0654 e. The smallest absolute Gasteiger partial charge is 0.0412 e. The quantitative estimate of drug-likeness (QED) is 0.556. The summed E-state index contributed by atoms with van der Waals surface area (Å²) >= 11 is 0. The van der Waals surface area contributed by atoms with E-state index in [1.165, 1.54) is 44.9 Å². The van der Waals surface area contributed by atoms with E-state index < -0.39 is 0 Å². The van der Waals surface area contributed by atoms with Gasteiger partial charge in [-0.25, -0.2) is 0 Å². The molecule has 1 saturated carbocycles. The molecule has 1 rings (SSSR count). The zero-order valence-electron chi connectivity index (χ0n) is 9.68. The van der Waals surface area contributed by atoms with Crippen LogP contribution in [0.25, 0.3) is 0 Å². The molecule has 0 aromatic rings. The minimum atomic E-state index is 0.986. The fourth-order valence-corrected chi connectivity index (χ4v) is 2.60. The van der Waals surface area contributed by atoms with Gasteiger partial charge in [0.05, 0.1) is 0 Å². The van der Waals surface area contributed by atoms with Crippen molar-refractivity contribution in [2.24, 2.45) is 17.8 Å². The van der Waals surface area contributed by atoms with Crippen LogP contribution in [0, 0.1) is 17.8 Å². The summed E-state index contributed by atoms with van der Waals surface area (Å²) in [6.07, 6.45) is 10.3. The van der Waals surface area contributed by atoms with E-state index in [9.17, 15) is 0 Å². The van der Waals surface area contributed by atoms with E-state index in [0.29, 0.717) is 0 Å². The summed E-state index contributed by atoms with van der Waals surface area (Å²) in [7, 11) is 0. The maximum atomic E-state index is 2.44. The molecular formula is C13H26. The topological polar surface area (TPSA) is 0 Å².